The van der Waals surface area contributed by atoms with E-state index in [1.807, 2.05) is 13.0 Å². The lowest BCUT2D eigenvalue weighted by Crippen LogP contribution is -2.37. The Balaban J connectivity index is 1.88. The van der Waals surface area contributed by atoms with Crippen molar-refractivity contribution in [1.29, 1.82) is 0 Å². The van der Waals surface area contributed by atoms with E-state index in [2.05, 4.69) is 26.7 Å². The van der Waals surface area contributed by atoms with E-state index in [0.717, 1.165) is 37.1 Å². The number of hydrogen-bond acceptors (Lipinski definition) is 6. The predicted molar refractivity (Wildman–Crippen MR) is 88.3 cm³/mol. The molecule has 0 amide bonds. The molecule has 0 radical (unpaired) electrons. The number of rotatable bonds is 4. The molecule has 0 N–H and O–H groups in total. The Morgan fingerprint density at radius 1 is 1.32 bits per heavy atom. The summed E-state index contributed by atoms with van der Waals surface area (Å²) in [5, 5.41) is 0. The summed E-state index contributed by atoms with van der Waals surface area (Å²) in [6.45, 7) is 6.80. The molecule has 2 aliphatic rings. The molecule has 1 unspecified atom stereocenters. The average molecular weight is 324 g/mol. The summed E-state index contributed by atoms with van der Waals surface area (Å²) in [6, 6.07) is 2.06. The summed E-state index contributed by atoms with van der Waals surface area (Å²) in [5.41, 5.74) is 0. The van der Waals surface area contributed by atoms with Crippen molar-refractivity contribution in [2.45, 2.75) is 39.2 Å². The minimum atomic E-state index is -2.89. The number of sulfone groups is 1. The van der Waals surface area contributed by atoms with E-state index in [-0.39, 0.29) is 17.5 Å². The molecular formula is C15H24N4O2S. The van der Waals surface area contributed by atoms with Crippen molar-refractivity contribution in [3.05, 3.63) is 11.9 Å². The molecule has 2 aliphatic heterocycles. The topological polar surface area (TPSA) is 66.4 Å². The van der Waals surface area contributed by atoms with Gasteiger partial charge in [0.2, 0.25) is 0 Å². The molecule has 2 saturated heterocycles. The number of nitrogens with zero attached hydrogens (tertiary/aromatic N) is 4. The van der Waals surface area contributed by atoms with Crippen LogP contribution in [0.4, 0.5) is 11.6 Å². The SMILES string of the molecule is CCN(c1cc(N2CCCC2)nc(C)n1)C1CCS(=O)(=O)C1. The Morgan fingerprint density at radius 2 is 2.05 bits per heavy atom. The quantitative estimate of drug-likeness (QED) is 0.834. The van der Waals surface area contributed by atoms with Crippen LogP contribution in [-0.4, -0.2) is 55.6 Å². The highest BCUT2D eigenvalue weighted by Crippen LogP contribution is 2.26. The molecule has 3 rings (SSSR count). The van der Waals surface area contributed by atoms with Gasteiger partial charge in [0.15, 0.2) is 9.84 Å². The highest BCUT2D eigenvalue weighted by atomic mass is 32.2. The molecule has 1 atom stereocenters. The van der Waals surface area contributed by atoms with Crippen molar-refractivity contribution < 1.29 is 8.42 Å². The van der Waals surface area contributed by atoms with Crippen LogP contribution in [0.25, 0.3) is 0 Å². The lowest BCUT2D eigenvalue weighted by molar-refractivity contribution is 0.599. The van der Waals surface area contributed by atoms with Crippen molar-refractivity contribution >= 4 is 21.5 Å². The molecule has 1 aromatic heterocycles. The Morgan fingerprint density at radius 3 is 2.64 bits per heavy atom. The van der Waals surface area contributed by atoms with Crippen LogP contribution in [0, 0.1) is 6.92 Å². The molecule has 7 heteroatoms. The first-order valence-corrected chi connectivity index (χ1v) is 9.88. The van der Waals surface area contributed by atoms with Gasteiger partial charge in [-0.3, -0.25) is 0 Å². The van der Waals surface area contributed by atoms with E-state index >= 15 is 0 Å². The Labute approximate surface area is 132 Å². The molecule has 1 aromatic rings. The molecule has 6 nitrogen and oxygen atoms in total. The summed E-state index contributed by atoms with van der Waals surface area (Å²) >= 11 is 0. The van der Waals surface area contributed by atoms with Crippen LogP contribution in [0.1, 0.15) is 32.0 Å². The summed E-state index contributed by atoms with van der Waals surface area (Å²) in [4.78, 5) is 13.5. The van der Waals surface area contributed by atoms with Crippen LogP contribution in [0.3, 0.4) is 0 Å². The minimum Gasteiger partial charge on any atom is -0.356 e. The van der Waals surface area contributed by atoms with E-state index in [4.69, 9.17) is 0 Å². The fraction of sp³-hybridized carbons (Fsp3) is 0.733. The fourth-order valence-electron chi connectivity index (χ4n) is 3.42. The summed E-state index contributed by atoms with van der Waals surface area (Å²) in [7, 11) is -2.89. The van der Waals surface area contributed by atoms with E-state index in [0.29, 0.717) is 6.42 Å². The lowest BCUT2D eigenvalue weighted by Gasteiger charge is -2.29. The van der Waals surface area contributed by atoms with Gasteiger partial charge in [0.05, 0.1) is 11.5 Å². The van der Waals surface area contributed by atoms with Gasteiger partial charge in [0.1, 0.15) is 17.5 Å². The molecule has 0 spiro atoms. The fourth-order valence-corrected chi connectivity index (χ4v) is 5.15. The van der Waals surface area contributed by atoms with Crippen LogP contribution in [0.15, 0.2) is 6.07 Å². The summed E-state index contributed by atoms with van der Waals surface area (Å²) in [6.07, 6.45) is 3.10. The third kappa shape index (κ3) is 3.19. The molecule has 0 bridgehead atoms. The first kappa shape index (κ1) is 15.5. The van der Waals surface area contributed by atoms with Gasteiger partial charge in [0.25, 0.3) is 0 Å². The zero-order valence-electron chi connectivity index (χ0n) is 13.3. The van der Waals surface area contributed by atoms with Crippen LogP contribution >= 0.6 is 0 Å². The summed E-state index contributed by atoms with van der Waals surface area (Å²) in [5.74, 6) is 3.11. The molecule has 122 valence electrons. The van der Waals surface area contributed by atoms with Gasteiger partial charge < -0.3 is 9.80 Å². The van der Waals surface area contributed by atoms with Gasteiger partial charge in [-0.2, -0.15) is 0 Å². The average Bonchev–Trinajstić information content (AvgIpc) is 3.09. The molecular weight excluding hydrogens is 300 g/mol. The molecule has 0 aliphatic carbocycles. The van der Waals surface area contributed by atoms with Crippen LogP contribution < -0.4 is 9.80 Å². The number of aromatic nitrogens is 2. The van der Waals surface area contributed by atoms with E-state index in [9.17, 15) is 8.42 Å². The second kappa shape index (κ2) is 6.02. The second-order valence-corrected chi connectivity index (χ2v) is 8.40. The second-order valence-electron chi connectivity index (χ2n) is 6.17. The van der Waals surface area contributed by atoms with Gasteiger partial charge in [0, 0.05) is 31.7 Å². The third-order valence-electron chi connectivity index (χ3n) is 4.53. The van der Waals surface area contributed by atoms with Crippen molar-refractivity contribution in [3.8, 4) is 0 Å². The number of aryl methyl sites for hydroxylation is 1. The predicted octanol–water partition coefficient (Wildman–Crippen LogP) is 1.40. The third-order valence-corrected chi connectivity index (χ3v) is 6.28. The smallest absolute Gasteiger partial charge is 0.152 e. The molecule has 0 aromatic carbocycles. The van der Waals surface area contributed by atoms with Gasteiger partial charge in [-0.25, -0.2) is 18.4 Å². The van der Waals surface area contributed by atoms with E-state index in [1.165, 1.54) is 12.8 Å². The molecule has 3 heterocycles. The molecule has 22 heavy (non-hydrogen) atoms. The van der Waals surface area contributed by atoms with Gasteiger partial charge in [-0.05, 0) is 33.1 Å². The molecule has 2 fully saturated rings. The van der Waals surface area contributed by atoms with Gasteiger partial charge in [-0.1, -0.05) is 0 Å². The van der Waals surface area contributed by atoms with Crippen molar-refractivity contribution in [3.63, 3.8) is 0 Å². The Bertz CT molecular complexity index is 641. The van der Waals surface area contributed by atoms with Crippen molar-refractivity contribution in [2.75, 3.05) is 40.9 Å². The first-order valence-electron chi connectivity index (χ1n) is 8.06. The Hall–Kier alpha value is -1.37. The van der Waals surface area contributed by atoms with Gasteiger partial charge >= 0.3 is 0 Å². The maximum Gasteiger partial charge on any atom is 0.152 e. The monoisotopic (exact) mass is 324 g/mol. The van der Waals surface area contributed by atoms with Crippen LogP contribution in [0.5, 0.6) is 0 Å². The number of hydrogen-bond donors (Lipinski definition) is 0. The number of anilines is 2. The maximum absolute atomic E-state index is 11.8. The van der Waals surface area contributed by atoms with Gasteiger partial charge in [-0.15, -0.1) is 0 Å². The highest BCUT2D eigenvalue weighted by molar-refractivity contribution is 7.91. The first-order chi connectivity index (χ1) is 10.5. The zero-order valence-corrected chi connectivity index (χ0v) is 14.1. The van der Waals surface area contributed by atoms with Crippen LogP contribution in [0.2, 0.25) is 0 Å². The maximum atomic E-state index is 11.8. The Kier molecular flexibility index (Phi) is 4.25. The van der Waals surface area contributed by atoms with Crippen molar-refractivity contribution in [1.82, 2.24) is 9.97 Å². The largest absolute Gasteiger partial charge is 0.356 e. The van der Waals surface area contributed by atoms with Crippen LogP contribution in [-0.2, 0) is 9.84 Å². The van der Waals surface area contributed by atoms with Crippen molar-refractivity contribution in [2.24, 2.45) is 0 Å². The normalized spacial score (nSPS) is 23.9. The lowest BCUT2D eigenvalue weighted by atomic mass is 10.2. The van der Waals surface area contributed by atoms with E-state index < -0.39 is 9.84 Å². The summed E-state index contributed by atoms with van der Waals surface area (Å²) < 4.78 is 23.5. The highest BCUT2D eigenvalue weighted by Gasteiger charge is 2.32. The zero-order chi connectivity index (χ0) is 15.7. The standard InChI is InChI=1S/C15H24N4O2S/c1-3-19(13-6-9-22(20,21)11-13)15-10-14(16-12(2)17-15)18-7-4-5-8-18/h10,13H,3-9,11H2,1-2H3. The molecule has 0 saturated carbocycles. The minimum absolute atomic E-state index is 0.0377. The van der Waals surface area contributed by atoms with E-state index in [1.54, 1.807) is 0 Å².